The van der Waals surface area contributed by atoms with Crippen LogP contribution in [0.5, 0.6) is 0 Å². The minimum atomic E-state index is -0.283. The number of nitrogens with one attached hydrogen (secondary N) is 2. The smallest absolute Gasteiger partial charge is 0.274 e. The summed E-state index contributed by atoms with van der Waals surface area (Å²) in [5, 5.41) is 5.93. The van der Waals surface area contributed by atoms with Crippen LogP contribution in [-0.4, -0.2) is 15.9 Å². The third kappa shape index (κ3) is 4.64. The van der Waals surface area contributed by atoms with Crippen LogP contribution in [0, 0.1) is 0 Å². The summed E-state index contributed by atoms with van der Waals surface area (Å²) in [5.74, 6) is 0.0989. The van der Waals surface area contributed by atoms with E-state index in [1.165, 1.54) is 5.56 Å². The van der Waals surface area contributed by atoms with Crippen molar-refractivity contribution in [3.63, 3.8) is 0 Å². The number of hydrogen-bond donors (Lipinski definition) is 2. The molecular weight excluding hydrogens is 380 g/mol. The molecule has 0 fully saturated rings. The van der Waals surface area contributed by atoms with Gasteiger partial charge in [0.2, 0.25) is 5.95 Å². The monoisotopic (exact) mass is 396 g/mol. The Morgan fingerprint density at radius 3 is 2.36 bits per heavy atom. The quantitative estimate of drug-likeness (QED) is 0.649. The Hall–Kier alpha value is -2.73. The van der Waals surface area contributed by atoms with Crippen molar-refractivity contribution >= 4 is 39.2 Å². The molecule has 0 atom stereocenters. The minimum absolute atomic E-state index is 0.283. The van der Waals surface area contributed by atoms with Crippen molar-refractivity contribution in [2.75, 3.05) is 10.6 Å². The van der Waals surface area contributed by atoms with E-state index in [-0.39, 0.29) is 5.91 Å². The highest BCUT2D eigenvalue weighted by Gasteiger charge is 2.09. The van der Waals surface area contributed by atoms with Gasteiger partial charge >= 0.3 is 0 Å². The summed E-state index contributed by atoms with van der Waals surface area (Å²) in [5.41, 5.74) is 3.14. The Kier molecular flexibility index (Phi) is 5.40. The SMILES string of the molecule is CCc1ccc(Nc2nccc(C(=O)Nc3ccc(Br)cc3)n2)cc1. The first-order chi connectivity index (χ1) is 12.1. The lowest BCUT2D eigenvalue weighted by molar-refractivity contribution is 0.102. The number of rotatable bonds is 5. The highest BCUT2D eigenvalue weighted by Crippen LogP contribution is 2.16. The Labute approximate surface area is 154 Å². The third-order valence-corrected chi connectivity index (χ3v) is 4.14. The Bertz CT molecular complexity index is 863. The van der Waals surface area contributed by atoms with Gasteiger partial charge in [0.25, 0.3) is 5.91 Å². The van der Waals surface area contributed by atoms with Crippen LogP contribution in [0.1, 0.15) is 23.0 Å². The molecule has 25 heavy (non-hydrogen) atoms. The first-order valence-electron chi connectivity index (χ1n) is 7.90. The maximum absolute atomic E-state index is 12.3. The van der Waals surface area contributed by atoms with Crippen molar-refractivity contribution in [3.05, 3.63) is 76.5 Å². The van der Waals surface area contributed by atoms with E-state index in [2.05, 4.69) is 43.5 Å². The number of anilines is 3. The second kappa shape index (κ2) is 7.90. The van der Waals surface area contributed by atoms with Gasteiger partial charge < -0.3 is 10.6 Å². The maximum Gasteiger partial charge on any atom is 0.274 e. The third-order valence-electron chi connectivity index (χ3n) is 3.61. The van der Waals surface area contributed by atoms with E-state index in [9.17, 15) is 4.79 Å². The molecule has 0 saturated heterocycles. The van der Waals surface area contributed by atoms with Crippen LogP contribution in [0.15, 0.2) is 65.3 Å². The lowest BCUT2D eigenvalue weighted by Gasteiger charge is -2.08. The van der Waals surface area contributed by atoms with E-state index in [0.717, 1.165) is 16.6 Å². The van der Waals surface area contributed by atoms with Gasteiger partial charge in [0, 0.05) is 22.0 Å². The highest BCUT2D eigenvalue weighted by atomic mass is 79.9. The first-order valence-corrected chi connectivity index (χ1v) is 8.69. The topological polar surface area (TPSA) is 66.9 Å². The zero-order valence-corrected chi connectivity index (χ0v) is 15.2. The van der Waals surface area contributed by atoms with E-state index in [0.29, 0.717) is 17.3 Å². The van der Waals surface area contributed by atoms with Crippen LogP contribution in [0.3, 0.4) is 0 Å². The lowest BCUT2D eigenvalue weighted by Crippen LogP contribution is -2.14. The molecule has 0 aliphatic rings. The Morgan fingerprint density at radius 2 is 1.68 bits per heavy atom. The molecule has 0 saturated carbocycles. The zero-order valence-electron chi connectivity index (χ0n) is 13.7. The number of aryl methyl sites for hydroxylation is 1. The second-order valence-electron chi connectivity index (χ2n) is 5.40. The van der Waals surface area contributed by atoms with Crippen LogP contribution in [-0.2, 0) is 6.42 Å². The van der Waals surface area contributed by atoms with Gasteiger partial charge in [-0.25, -0.2) is 9.97 Å². The predicted molar refractivity (Wildman–Crippen MR) is 103 cm³/mol. The number of carbonyl (C=O) groups excluding carboxylic acids is 1. The molecule has 1 heterocycles. The fraction of sp³-hybridized carbons (Fsp3) is 0.105. The van der Waals surface area contributed by atoms with Gasteiger partial charge in [-0.15, -0.1) is 0 Å². The van der Waals surface area contributed by atoms with Crippen molar-refractivity contribution in [2.45, 2.75) is 13.3 Å². The van der Waals surface area contributed by atoms with E-state index in [1.54, 1.807) is 12.3 Å². The normalized spacial score (nSPS) is 10.3. The molecular formula is C19H17BrN4O. The van der Waals surface area contributed by atoms with Gasteiger partial charge in [-0.1, -0.05) is 35.0 Å². The summed E-state index contributed by atoms with van der Waals surface area (Å²) < 4.78 is 0.952. The molecule has 6 heteroatoms. The summed E-state index contributed by atoms with van der Waals surface area (Å²) in [6, 6.07) is 17.0. The molecule has 0 spiro atoms. The predicted octanol–water partition coefficient (Wildman–Crippen LogP) is 4.80. The van der Waals surface area contributed by atoms with Crippen LogP contribution in [0.4, 0.5) is 17.3 Å². The molecule has 1 amide bonds. The van der Waals surface area contributed by atoms with E-state index in [1.807, 2.05) is 48.5 Å². The van der Waals surface area contributed by atoms with Crippen molar-refractivity contribution in [1.82, 2.24) is 9.97 Å². The molecule has 5 nitrogen and oxygen atoms in total. The molecule has 126 valence electrons. The number of nitrogens with zero attached hydrogens (tertiary/aromatic N) is 2. The summed E-state index contributed by atoms with van der Waals surface area (Å²) in [6.45, 7) is 2.11. The van der Waals surface area contributed by atoms with E-state index in [4.69, 9.17) is 0 Å². The van der Waals surface area contributed by atoms with Gasteiger partial charge in [-0.3, -0.25) is 4.79 Å². The van der Waals surface area contributed by atoms with Gasteiger partial charge in [0.15, 0.2) is 0 Å². The van der Waals surface area contributed by atoms with Crippen LogP contribution in [0.2, 0.25) is 0 Å². The highest BCUT2D eigenvalue weighted by molar-refractivity contribution is 9.10. The number of benzene rings is 2. The average molecular weight is 397 g/mol. The fourth-order valence-corrected chi connectivity index (χ4v) is 2.49. The summed E-state index contributed by atoms with van der Waals surface area (Å²) >= 11 is 3.37. The summed E-state index contributed by atoms with van der Waals surface area (Å²) in [6.07, 6.45) is 2.55. The fourth-order valence-electron chi connectivity index (χ4n) is 2.23. The largest absolute Gasteiger partial charge is 0.324 e. The molecule has 0 bridgehead atoms. The zero-order chi connectivity index (χ0) is 17.6. The van der Waals surface area contributed by atoms with Gasteiger partial charge in [0.1, 0.15) is 5.69 Å². The average Bonchev–Trinajstić information content (AvgIpc) is 2.64. The molecule has 0 aliphatic heterocycles. The van der Waals surface area contributed by atoms with E-state index >= 15 is 0 Å². The number of amides is 1. The van der Waals surface area contributed by atoms with Crippen molar-refractivity contribution in [1.29, 1.82) is 0 Å². The van der Waals surface area contributed by atoms with Crippen LogP contribution < -0.4 is 10.6 Å². The van der Waals surface area contributed by atoms with Crippen molar-refractivity contribution in [2.24, 2.45) is 0 Å². The molecule has 0 aliphatic carbocycles. The van der Waals surface area contributed by atoms with Gasteiger partial charge in [-0.05, 0) is 54.4 Å². The molecule has 3 aromatic rings. The standard InChI is InChI=1S/C19H17BrN4O/c1-2-13-3-7-16(8-4-13)23-19-21-12-11-17(24-19)18(25)22-15-9-5-14(20)6-10-15/h3-12H,2H2,1H3,(H,22,25)(H,21,23,24). The van der Waals surface area contributed by atoms with E-state index < -0.39 is 0 Å². The molecule has 2 aromatic carbocycles. The minimum Gasteiger partial charge on any atom is -0.324 e. The number of aromatic nitrogens is 2. The summed E-state index contributed by atoms with van der Waals surface area (Å²) in [7, 11) is 0. The summed E-state index contributed by atoms with van der Waals surface area (Å²) in [4.78, 5) is 20.8. The van der Waals surface area contributed by atoms with Crippen molar-refractivity contribution in [3.8, 4) is 0 Å². The molecule has 1 aromatic heterocycles. The number of carbonyl (C=O) groups is 1. The van der Waals surface area contributed by atoms with Crippen LogP contribution in [0.25, 0.3) is 0 Å². The Balaban J connectivity index is 1.71. The maximum atomic E-state index is 12.3. The van der Waals surface area contributed by atoms with Crippen molar-refractivity contribution < 1.29 is 4.79 Å². The molecule has 2 N–H and O–H groups in total. The lowest BCUT2D eigenvalue weighted by atomic mass is 10.1. The molecule has 3 rings (SSSR count). The number of halogens is 1. The first kappa shape index (κ1) is 17.1. The number of hydrogen-bond acceptors (Lipinski definition) is 4. The van der Waals surface area contributed by atoms with Crippen LogP contribution >= 0.6 is 15.9 Å². The Morgan fingerprint density at radius 1 is 1.00 bits per heavy atom. The molecule has 0 radical (unpaired) electrons. The van der Waals surface area contributed by atoms with Gasteiger partial charge in [0.05, 0.1) is 0 Å². The van der Waals surface area contributed by atoms with Gasteiger partial charge in [-0.2, -0.15) is 0 Å². The molecule has 0 unspecified atom stereocenters. The second-order valence-corrected chi connectivity index (χ2v) is 6.32.